The maximum Gasteiger partial charge on any atom is 0.128 e. The van der Waals surface area contributed by atoms with Crippen molar-refractivity contribution in [1.29, 1.82) is 0 Å². The summed E-state index contributed by atoms with van der Waals surface area (Å²) in [6, 6.07) is 4.29. The van der Waals surface area contributed by atoms with E-state index in [4.69, 9.17) is 16.6 Å². The molecule has 21 heavy (non-hydrogen) atoms. The molecule has 1 saturated carbocycles. The van der Waals surface area contributed by atoms with E-state index in [2.05, 4.69) is 44.9 Å². The number of pyridine rings is 1. The first-order valence-corrected chi connectivity index (χ1v) is 8.72. The second-order valence-corrected chi connectivity index (χ2v) is 7.75. The molecule has 2 rings (SSSR count). The zero-order valence-corrected chi connectivity index (χ0v) is 14.7. The smallest absolute Gasteiger partial charge is 0.128 e. The Kier molecular flexibility index (Phi) is 5.54. The Labute approximate surface area is 134 Å². The predicted molar refractivity (Wildman–Crippen MR) is 92.3 cm³/mol. The molecule has 0 saturated heterocycles. The standard InChI is InChI=1S/C18H29ClN2/c1-18(2,3)16-10-15(12-19)11-17(20-16)21(4)13-14-8-6-5-7-9-14/h10-11,14H,5-9,12-13H2,1-4H3. The van der Waals surface area contributed by atoms with Crippen molar-refractivity contribution in [2.24, 2.45) is 5.92 Å². The van der Waals surface area contributed by atoms with E-state index in [1.165, 1.54) is 37.7 Å². The monoisotopic (exact) mass is 308 g/mol. The molecule has 0 spiro atoms. The topological polar surface area (TPSA) is 16.1 Å². The first-order valence-electron chi connectivity index (χ1n) is 8.18. The number of hydrogen-bond acceptors (Lipinski definition) is 2. The van der Waals surface area contributed by atoms with Crippen molar-refractivity contribution in [3.8, 4) is 0 Å². The molecular weight excluding hydrogens is 280 g/mol. The van der Waals surface area contributed by atoms with Gasteiger partial charge in [-0.3, -0.25) is 0 Å². The van der Waals surface area contributed by atoms with Gasteiger partial charge in [0, 0.05) is 30.6 Å². The lowest BCUT2D eigenvalue weighted by molar-refractivity contribution is 0.361. The number of rotatable bonds is 4. The molecule has 2 nitrogen and oxygen atoms in total. The van der Waals surface area contributed by atoms with Crippen molar-refractivity contribution in [2.45, 2.75) is 64.2 Å². The maximum absolute atomic E-state index is 6.07. The van der Waals surface area contributed by atoms with E-state index in [1.54, 1.807) is 0 Å². The first kappa shape index (κ1) is 16.6. The lowest BCUT2D eigenvalue weighted by atomic mass is 9.89. The largest absolute Gasteiger partial charge is 0.359 e. The third-order valence-corrected chi connectivity index (χ3v) is 4.75. The summed E-state index contributed by atoms with van der Waals surface area (Å²) in [6.07, 6.45) is 6.92. The van der Waals surface area contributed by atoms with E-state index in [1.807, 2.05) is 0 Å². The number of alkyl halides is 1. The summed E-state index contributed by atoms with van der Waals surface area (Å²) >= 11 is 6.07. The molecule has 0 unspecified atom stereocenters. The van der Waals surface area contributed by atoms with Gasteiger partial charge < -0.3 is 4.90 Å². The van der Waals surface area contributed by atoms with Crippen LogP contribution in [0.2, 0.25) is 0 Å². The number of anilines is 1. The van der Waals surface area contributed by atoms with E-state index in [-0.39, 0.29) is 5.41 Å². The minimum absolute atomic E-state index is 0.0580. The summed E-state index contributed by atoms with van der Waals surface area (Å²) in [5.74, 6) is 2.45. The van der Waals surface area contributed by atoms with Crippen LogP contribution in [-0.4, -0.2) is 18.6 Å². The van der Waals surface area contributed by atoms with Gasteiger partial charge in [-0.1, -0.05) is 40.0 Å². The van der Waals surface area contributed by atoms with Gasteiger partial charge in [0.2, 0.25) is 0 Å². The van der Waals surface area contributed by atoms with Gasteiger partial charge in [-0.25, -0.2) is 4.98 Å². The molecule has 0 N–H and O–H groups in total. The van der Waals surface area contributed by atoms with E-state index in [9.17, 15) is 0 Å². The second-order valence-electron chi connectivity index (χ2n) is 7.49. The fraction of sp³-hybridized carbons (Fsp3) is 0.722. The molecule has 118 valence electrons. The fourth-order valence-electron chi connectivity index (χ4n) is 3.08. The maximum atomic E-state index is 6.07. The number of hydrogen-bond donors (Lipinski definition) is 0. The summed E-state index contributed by atoms with van der Waals surface area (Å²) < 4.78 is 0. The van der Waals surface area contributed by atoms with Crippen molar-refractivity contribution >= 4 is 17.4 Å². The summed E-state index contributed by atoms with van der Waals surface area (Å²) in [4.78, 5) is 7.21. The van der Waals surface area contributed by atoms with Gasteiger partial charge in [0.25, 0.3) is 0 Å². The van der Waals surface area contributed by atoms with Crippen LogP contribution in [0.25, 0.3) is 0 Å². The minimum atomic E-state index is 0.0580. The molecule has 1 aromatic heterocycles. The van der Waals surface area contributed by atoms with E-state index >= 15 is 0 Å². The normalized spacial score (nSPS) is 17.0. The summed E-state index contributed by atoms with van der Waals surface area (Å²) in [7, 11) is 2.17. The van der Waals surface area contributed by atoms with Gasteiger partial charge >= 0.3 is 0 Å². The third-order valence-electron chi connectivity index (χ3n) is 4.44. The van der Waals surface area contributed by atoms with E-state index in [0.717, 1.165) is 24.0 Å². The molecule has 1 aliphatic rings. The number of aromatic nitrogens is 1. The first-order chi connectivity index (χ1) is 9.90. The van der Waals surface area contributed by atoms with Crippen LogP contribution in [0.15, 0.2) is 12.1 Å². The Balaban J connectivity index is 2.17. The molecule has 3 heteroatoms. The molecule has 1 aromatic rings. The lowest BCUT2D eigenvalue weighted by Gasteiger charge is -2.29. The van der Waals surface area contributed by atoms with E-state index in [0.29, 0.717) is 5.88 Å². The molecule has 0 aromatic carbocycles. The van der Waals surface area contributed by atoms with Crippen molar-refractivity contribution in [3.05, 3.63) is 23.4 Å². The zero-order valence-electron chi connectivity index (χ0n) is 14.0. The van der Waals surface area contributed by atoms with E-state index < -0.39 is 0 Å². The third kappa shape index (κ3) is 4.60. The molecule has 1 heterocycles. The highest BCUT2D eigenvalue weighted by Gasteiger charge is 2.20. The predicted octanol–water partition coefficient (Wildman–Crippen LogP) is 5.13. The Bertz CT molecular complexity index is 459. The highest BCUT2D eigenvalue weighted by Crippen LogP contribution is 2.28. The van der Waals surface area contributed by atoms with Crippen LogP contribution in [0, 0.1) is 5.92 Å². The van der Waals surface area contributed by atoms with Crippen molar-refractivity contribution in [2.75, 3.05) is 18.5 Å². The van der Waals surface area contributed by atoms with Crippen LogP contribution in [-0.2, 0) is 11.3 Å². The zero-order chi connectivity index (χ0) is 15.5. The van der Waals surface area contributed by atoms with Crippen LogP contribution in [0.4, 0.5) is 5.82 Å². The molecular formula is C18H29ClN2. The van der Waals surface area contributed by atoms with Crippen LogP contribution in [0.3, 0.4) is 0 Å². The highest BCUT2D eigenvalue weighted by atomic mass is 35.5. The molecule has 0 radical (unpaired) electrons. The molecule has 1 fully saturated rings. The Morgan fingerprint density at radius 2 is 1.86 bits per heavy atom. The van der Waals surface area contributed by atoms with Crippen LogP contribution < -0.4 is 4.90 Å². The fourth-order valence-corrected chi connectivity index (χ4v) is 3.23. The van der Waals surface area contributed by atoms with Crippen LogP contribution in [0.5, 0.6) is 0 Å². The Hall–Kier alpha value is -0.760. The number of nitrogens with zero attached hydrogens (tertiary/aromatic N) is 2. The van der Waals surface area contributed by atoms with Crippen molar-refractivity contribution < 1.29 is 0 Å². The number of halogens is 1. The summed E-state index contributed by atoms with van der Waals surface area (Å²) in [5.41, 5.74) is 2.36. The van der Waals surface area contributed by atoms with Gasteiger partial charge in [-0.15, -0.1) is 11.6 Å². The Morgan fingerprint density at radius 3 is 2.43 bits per heavy atom. The van der Waals surface area contributed by atoms with Crippen molar-refractivity contribution in [3.63, 3.8) is 0 Å². The van der Waals surface area contributed by atoms with Gasteiger partial charge in [-0.05, 0) is 36.5 Å². The molecule has 0 aliphatic heterocycles. The molecule has 1 aliphatic carbocycles. The summed E-state index contributed by atoms with van der Waals surface area (Å²) in [6.45, 7) is 7.73. The molecule has 0 amide bonds. The average molecular weight is 309 g/mol. The van der Waals surface area contributed by atoms with Crippen LogP contribution >= 0.6 is 11.6 Å². The minimum Gasteiger partial charge on any atom is -0.359 e. The quantitative estimate of drug-likeness (QED) is 0.716. The molecule has 0 atom stereocenters. The molecule has 0 bridgehead atoms. The van der Waals surface area contributed by atoms with Crippen molar-refractivity contribution in [1.82, 2.24) is 4.98 Å². The Morgan fingerprint density at radius 1 is 1.19 bits per heavy atom. The lowest BCUT2D eigenvalue weighted by Crippen LogP contribution is -2.28. The SMILES string of the molecule is CN(CC1CCCCC1)c1cc(CCl)cc(C(C)(C)C)n1. The van der Waals surface area contributed by atoms with Gasteiger partial charge in [0.15, 0.2) is 0 Å². The van der Waals surface area contributed by atoms with Gasteiger partial charge in [-0.2, -0.15) is 0 Å². The highest BCUT2D eigenvalue weighted by molar-refractivity contribution is 6.17. The van der Waals surface area contributed by atoms with Crippen LogP contribution in [0.1, 0.15) is 64.1 Å². The summed E-state index contributed by atoms with van der Waals surface area (Å²) in [5, 5.41) is 0. The second kappa shape index (κ2) is 7.00. The van der Waals surface area contributed by atoms with Gasteiger partial charge in [0.05, 0.1) is 0 Å². The average Bonchev–Trinajstić information content (AvgIpc) is 2.46. The van der Waals surface area contributed by atoms with Gasteiger partial charge in [0.1, 0.15) is 5.82 Å².